The highest BCUT2D eigenvalue weighted by Crippen LogP contribution is 2.35. The number of hydrogen-bond donors (Lipinski definition) is 3. The van der Waals surface area contributed by atoms with Crippen LogP contribution in [-0.2, 0) is 0 Å². The van der Waals surface area contributed by atoms with E-state index >= 15 is 0 Å². The van der Waals surface area contributed by atoms with Gasteiger partial charge in [-0.2, -0.15) is 0 Å². The van der Waals surface area contributed by atoms with Gasteiger partial charge in [-0.3, -0.25) is 0 Å². The van der Waals surface area contributed by atoms with Crippen molar-refractivity contribution in [1.82, 2.24) is 4.98 Å². The summed E-state index contributed by atoms with van der Waals surface area (Å²) in [5.41, 5.74) is 6.33. The molecule has 5 heteroatoms. The molecule has 0 spiro atoms. The van der Waals surface area contributed by atoms with E-state index in [9.17, 15) is 4.79 Å². The molecule has 0 aromatic carbocycles. The highest BCUT2D eigenvalue weighted by atomic mass is 16.4. The highest BCUT2D eigenvalue weighted by molar-refractivity contribution is 5.89. The Labute approximate surface area is 106 Å². The van der Waals surface area contributed by atoms with Crippen LogP contribution in [0.1, 0.15) is 43.0 Å². The third-order valence-corrected chi connectivity index (χ3v) is 3.31. The average Bonchev–Trinajstić information content (AvgIpc) is 3.14. The molecule has 0 saturated heterocycles. The Bertz CT molecular complexity index is 444. The van der Waals surface area contributed by atoms with Crippen LogP contribution in [0.3, 0.4) is 0 Å². The predicted molar refractivity (Wildman–Crippen MR) is 70.7 cm³/mol. The Hall–Kier alpha value is -1.78. The predicted octanol–water partition coefficient (Wildman–Crippen LogP) is 2.35. The smallest absolute Gasteiger partial charge is 0.337 e. The fourth-order valence-corrected chi connectivity index (χ4v) is 2.00. The number of nitrogen functional groups attached to an aromatic ring is 1. The SMILES string of the molecule is CCC(CC1CC1)Nc1ncc(C(=O)O)cc1N. The minimum atomic E-state index is -1.01. The van der Waals surface area contributed by atoms with Crippen LogP contribution in [-0.4, -0.2) is 22.1 Å². The normalized spacial score (nSPS) is 16.3. The molecular formula is C13H19N3O2. The van der Waals surface area contributed by atoms with Crippen molar-refractivity contribution in [3.05, 3.63) is 17.8 Å². The van der Waals surface area contributed by atoms with Gasteiger partial charge in [-0.1, -0.05) is 19.8 Å². The second-order valence-corrected chi connectivity index (χ2v) is 4.90. The summed E-state index contributed by atoms with van der Waals surface area (Å²) in [7, 11) is 0. The van der Waals surface area contributed by atoms with E-state index in [0.29, 0.717) is 17.5 Å². The van der Waals surface area contributed by atoms with Gasteiger partial charge in [0.15, 0.2) is 0 Å². The molecule has 5 nitrogen and oxygen atoms in total. The number of aromatic nitrogens is 1. The number of carbonyl (C=O) groups is 1. The lowest BCUT2D eigenvalue weighted by Crippen LogP contribution is -2.21. The third kappa shape index (κ3) is 3.12. The van der Waals surface area contributed by atoms with Crippen molar-refractivity contribution < 1.29 is 9.90 Å². The third-order valence-electron chi connectivity index (χ3n) is 3.31. The average molecular weight is 249 g/mol. The molecule has 0 bridgehead atoms. The molecule has 1 aromatic rings. The molecule has 1 atom stereocenters. The number of hydrogen-bond acceptors (Lipinski definition) is 4. The molecule has 98 valence electrons. The summed E-state index contributed by atoms with van der Waals surface area (Å²) in [6.07, 6.45) is 6.12. The maximum atomic E-state index is 10.8. The maximum Gasteiger partial charge on any atom is 0.337 e. The van der Waals surface area contributed by atoms with Crippen LogP contribution < -0.4 is 11.1 Å². The van der Waals surface area contributed by atoms with Gasteiger partial charge in [-0.25, -0.2) is 9.78 Å². The van der Waals surface area contributed by atoms with Crippen molar-refractivity contribution in [3.8, 4) is 0 Å². The van der Waals surface area contributed by atoms with Crippen molar-refractivity contribution >= 4 is 17.5 Å². The standard InChI is InChI=1S/C13H19N3O2/c1-2-10(5-8-3-4-8)16-12-11(14)6-9(7-15-12)13(17)18/h6-8,10H,2-5,14H2,1H3,(H,15,16)(H,17,18). The first-order valence-corrected chi connectivity index (χ1v) is 6.35. The number of carboxylic acid groups (broad SMARTS) is 1. The van der Waals surface area contributed by atoms with Gasteiger partial charge in [0.2, 0.25) is 0 Å². The molecule has 1 aliphatic carbocycles. The summed E-state index contributed by atoms with van der Waals surface area (Å²) >= 11 is 0. The zero-order chi connectivity index (χ0) is 13.1. The van der Waals surface area contributed by atoms with Crippen LogP contribution in [0.4, 0.5) is 11.5 Å². The summed E-state index contributed by atoms with van der Waals surface area (Å²) in [6, 6.07) is 1.81. The van der Waals surface area contributed by atoms with E-state index in [1.165, 1.54) is 25.1 Å². The molecule has 1 fully saturated rings. The topological polar surface area (TPSA) is 88.2 Å². The summed E-state index contributed by atoms with van der Waals surface area (Å²) in [5.74, 6) is 0.417. The van der Waals surface area contributed by atoms with Crippen LogP contribution in [0.5, 0.6) is 0 Å². The molecule has 0 radical (unpaired) electrons. The monoisotopic (exact) mass is 249 g/mol. The second kappa shape index (κ2) is 5.25. The second-order valence-electron chi connectivity index (χ2n) is 4.90. The maximum absolute atomic E-state index is 10.8. The van der Waals surface area contributed by atoms with Gasteiger partial charge in [0.05, 0.1) is 11.3 Å². The Morgan fingerprint density at radius 2 is 2.39 bits per heavy atom. The number of pyridine rings is 1. The Kier molecular flexibility index (Phi) is 3.69. The molecule has 1 aromatic heterocycles. The van der Waals surface area contributed by atoms with Gasteiger partial charge in [-0.15, -0.1) is 0 Å². The Morgan fingerprint density at radius 1 is 1.67 bits per heavy atom. The van der Waals surface area contributed by atoms with Crippen LogP contribution in [0.2, 0.25) is 0 Å². The lowest BCUT2D eigenvalue weighted by molar-refractivity contribution is 0.0696. The van der Waals surface area contributed by atoms with Crippen LogP contribution in [0, 0.1) is 5.92 Å². The fourth-order valence-electron chi connectivity index (χ4n) is 2.00. The number of aromatic carboxylic acids is 1. The van der Waals surface area contributed by atoms with Crippen LogP contribution in [0.25, 0.3) is 0 Å². The summed E-state index contributed by atoms with van der Waals surface area (Å²) in [6.45, 7) is 2.13. The first-order valence-electron chi connectivity index (χ1n) is 6.35. The van der Waals surface area contributed by atoms with Gasteiger partial charge < -0.3 is 16.2 Å². The number of carboxylic acids is 1. The van der Waals surface area contributed by atoms with Crippen LogP contribution >= 0.6 is 0 Å². The van der Waals surface area contributed by atoms with Crippen molar-refractivity contribution in [3.63, 3.8) is 0 Å². The number of anilines is 2. The molecule has 2 rings (SSSR count). The first-order chi connectivity index (χ1) is 8.60. The summed E-state index contributed by atoms with van der Waals surface area (Å²) < 4.78 is 0. The van der Waals surface area contributed by atoms with Gasteiger partial charge in [0, 0.05) is 12.2 Å². The minimum Gasteiger partial charge on any atom is -0.478 e. The zero-order valence-electron chi connectivity index (χ0n) is 10.5. The van der Waals surface area contributed by atoms with E-state index in [4.69, 9.17) is 10.8 Å². The van der Waals surface area contributed by atoms with Crippen molar-refractivity contribution in [1.29, 1.82) is 0 Å². The van der Waals surface area contributed by atoms with Gasteiger partial charge in [-0.05, 0) is 24.8 Å². The lowest BCUT2D eigenvalue weighted by atomic mass is 10.1. The molecular weight excluding hydrogens is 230 g/mol. The quantitative estimate of drug-likeness (QED) is 0.720. The van der Waals surface area contributed by atoms with E-state index in [1.807, 2.05) is 0 Å². The van der Waals surface area contributed by atoms with E-state index in [1.54, 1.807) is 0 Å². The lowest BCUT2D eigenvalue weighted by Gasteiger charge is -2.18. The van der Waals surface area contributed by atoms with E-state index in [2.05, 4.69) is 17.2 Å². The molecule has 1 heterocycles. The van der Waals surface area contributed by atoms with Crippen molar-refractivity contribution in [2.45, 2.75) is 38.6 Å². The van der Waals surface area contributed by atoms with Gasteiger partial charge in [0.25, 0.3) is 0 Å². The first kappa shape index (κ1) is 12.7. The molecule has 0 amide bonds. The van der Waals surface area contributed by atoms with E-state index in [-0.39, 0.29) is 5.56 Å². The summed E-state index contributed by atoms with van der Waals surface area (Å²) in [4.78, 5) is 14.9. The highest BCUT2D eigenvalue weighted by Gasteiger charge is 2.25. The molecule has 0 aliphatic heterocycles. The summed E-state index contributed by atoms with van der Waals surface area (Å²) in [5, 5.41) is 12.1. The minimum absolute atomic E-state index is 0.119. The van der Waals surface area contributed by atoms with Crippen LogP contribution in [0.15, 0.2) is 12.3 Å². The fraction of sp³-hybridized carbons (Fsp3) is 0.538. The number of rotatable bonds is 6. The molecule has 18 heavy (non-hydrogen) atoms. The molecule has 1 saturated carbocycles. The van der Waals surface area contributed by atoms with Gasteiger partial charge in [0.1, 0.15) is 5.82 Å². The number of nitrogens with zero attached hydrogens (tertiary/aromatic N) is 1. The van der Waals surface area contributed by atoms with E-state index < -0.39 is 5.97 Å². The molecule has 1 unspecified atom stereocenters. The largest absolute Gasteiger partial charge is 0.478 e. The zero-order valence-corrected chi connectivity index (χ0v) is 10.5. The number of nitrogens with two attached hydrogens (primary N) is 1. The Morgan fingerprint density at radius 3 is 2.89 bits per heavy atom. The van der Waals surface area contributed by atoms with Gasteiger partial charge >= 0.3 is 5.97 Å². The molecule has 4 N–H and O–H groups in total. The Balaban J connectivity index is 2.05. The van der Waals surface area contributed by atoms with Crippen molar-refractivity contribution in [2.24, 2.45) is 5.92 Å². The molecule has 1 aliphatic rings. The number of nitrogens with one attached hydrogen (secondary N) is 1. The van der Waals surface area contributed by atoms with E-state index in [0.717, 1.165) is 18.8 Å². The van der Waals surface area contributed by atoms with Crippen molar-refractivity contribution in [2.75, 3.05) is 11.1 Å².